The summed E-state index contributed by atoms with van der Waals surface area (Å²) < 4.78 is 0. The van der Waals surface area contributed by atoms with E-state index in [1.54, 1.807) is 0 Å². The molecule has 0 unspecified atom stereocenters. The van der Waals surface area contributed by atoms with E-state index in [1.807, 2.05) is 11.3 Å². The van der Waals surface area contributed by atoms with Crippen molar-refractivity contribution in [1.29, 1.82) is 0 Å². The molecule has 1 aromatic carbocycles. The molecule has 0 saturated heterocycles. The van der Waals surface area contributed by atoms with Crippen molar-refractivity contribution in [3.8, 4) is 11.1 Å². The van der Waals surface area contributed by atoms with Gasteiger partial charge >= 0.3 is 0 Å². The molecular weight excluding hydrogens is 250 g/mol. The van der Waals surface area contributed by atoms with E-state index in [-0.39, 0.29) is 0 Å². The van der Waals surface area contributed by atoms with Gasteiger partial charge in [-0.2, -0.15) is 0 Å². The van der Waals surface area contributed by atoms with Gasteiger partial charge in [0.1, 0.15) is 0 Å². The largest absolute Gasteiger partial charge is 0.312 e. The van der Waals surface area contributed by atoms with Crippen molar-refractivity contribution in [1.82, 2.24) is 5.32 Å². The minimum Gasteiger partial charge on any atom is -0.312 e. The Labute approximate surface area is 119 Å². The van der Waals surface area contributed by atoms with Crippen LogP contribution in [0.5, 0.6) is 0 Å². The highest BCUT2D eigenvalue weighted by Crippen LogP contribution is 2.26. The molecule has 0 bridgehead atoms. The van der Waals surface area contributed by atoms with Crippen molar-refractivity contribution >= 4 is 11.3 Å². The zero-order chi connectivity index (χ0) is 12.9. The van der Waals surface area contributed by atoms with Gasteiger partial charge in [-0.25, -0.2) is 0 Å². The fraction of sp³-hybridized carbons (Fsp3) is 0.412. The fourth-order valence-corrected chi connectivity index (χ4v) is 3.73. The molecule has 1 saturated carbocycles. The van der Waals surface area contributed by atoms with Crippen molar-refractivity contribution in [2.24, 2.45) is 5.92 Å². The fourth-order valence-electron chi connectivity index (χ4n) is 2.87. The lowest BCUT2D eigenvalue weighted by Crippen LogP contribution is -2.20. The molecule has 0 spiro atoms. The number of benzene rings is 1. The first-order valence-electron chi connectivity index (χ1n) is 7.25. The van der Waals surface area contributed by atoms with Gasteiger partial charge in [0.25, 0.3) is 0 Å². The highest BCUT2D eigenvalue weighted by molar-refractivity contribution is 7.10. The lowest BCUT2D eigenvalue weighted by molar-refractivity contribution is 0.491. The normalized spacial score (nSPS) is 16.0. The van der Waals surface area contributed by atoms with Crippen molar-refractivity contribution < 1.29 is 0 Å². The zero-order valence-electron chi connectivity index (χ0n) is 11.3. The quantitative estimate of drug-likeness (QED) is 0.831. The van der Waals surface area contributed by atoms with Gasteiger partial charge in [-0.05, 0) is 47.9 Å². The number of hydrogen-bond donors (Lipinski definition) is 1. The lowest BCUT2D eigenvalue weighted by atomic mass is 10.1. The molecular formula is C17H21NS. The second kappa shape index (κ2) is 6.36. The van der Waals surface area contributed by atoms with Crippen molar-refractivity contribution in [3.05, 3.63) is 46.7 Å². The summed E-state index contributed by atoms with van der Waals surface area (Å²) in [5.41, 5.74) is 2.67. The van der Waals surface area contributed by atoms with E-state index in [0.29, 0.717) is 0 Å². The van der Waals surface area contributed by atoms with E-state index in [4.69, 9.17) is 0 Å². The van der Waals surface area contributed by atoms with Crippen molar-refractivity contribution in [2.75, 3.05) is 6.54 Å². The molecule has 1 aliphatic carbocycles. The Bertz CT molecular complexity index is 497. The first kappa shape index (κ1) is 12.9. The highest BCUT2D eigenvalue weighted by Gasteiger charge is 2.14. The number of rotatable bonds is 5. The maximum Gasteiger partial charge on any atom is 0.0300 e. The van der Waals surface area contributed by atoms with Gasteiger partial charge in [-0.15, -0.1) is 11.3 Å². The van der Waals surface area contributed by atoms with E-state index in [2.05, 4.69) is 47.1 Å². The average molecular weight is 271 g/mol. The number of nitrogens with one attached hydrogen (secondary N) is 1. The monoisotopic (exact) mass is 271 g/mol. The third-order valence-electron chi connectivity index (χ3n) is 3.97. The van der Waals surface area contributed by atoms with Gasteiger partial charge < -0.3 is 5.32 Å². The van der Waals surface area contributed by atoms with Crippen LogP contribution in [0.1, 0.15) is 30.6 Å². The van der Waals surface area contributed by atoms with Gasteiger partial charge in [-0.3, -0.25) is 0 Å². The summed E-state index contributed by atoms with van der Waals surface area (Å²) in [6.45, 7) is 2.21. The molecule has 0 radical (unpaired) electrons. The summed E-state index contributed by atoms with van der Waals surface area (Å²) in [7, 11) is 0. The van der Waals surface area contributed by atoms with E-state index in [0.717, 1.165) is 12.5 Å². The summed E-state index contributed by atoms with van der Waals surface area (Å²) in [6.07, 6.45) is 5.71. The Morgan fingerprint density at radius 3 is 2.63 bits per heavy atom. The molecule has 1 aromatic heterocycles. The molecule has 0 atom stereocenters. The molecule has 1 aliphatic rings. The van der Waals surface area contributed by atoms with Crippen LogP contribution in [0.3, 0.4) is 0 Å². The van der Waals surface area contributed by atoms with Crippen LogP contribution in [0.2, 0.25) is 0 Å². The Morgan fingerprint density at radius 2 is 1.84 bits per heavy atom. The Balaban J connectivity index is 1.53. The molecule has 0 amide bonds. The minimum absolute atomic E-state index is 0.925. The van der Waals surface area contributed by atoms with Gasteiger partial charge in [0.2, 0.25) is 0 Å². The van der Waals surface area contributed by atoms with Gasteiger partial charge in [0.15, 0.2) is 0 Å². The maximum absolute atomic E-state index is 3.62. The van der Waals surface area contributed by atoms with Crippen LogP contribution in [0.25, 0.3) is 11.1 Å². The van der Waals surface area contributed by atoms with E-state index >= 15 is 0 Å². The Kier molecular flexibility index (Phi) is 4.31. The molecule has 1 nitrogen and oxygen atoms in total. The smallest absolute Gasteiger partial charge is 0.0300 e. The van der Waals surface area contributed by atoms with E-state index in [9.17, 15) is 0 Å². The summed E-state index contributed by atoms with van der Waals surface area (Å²) in [6, 6.07) is 13.0. The van der Waals surface area contributed by atoms with Gasteiger partial charge in [0.05, 0.1) is 0 Å². The molecule has 1 N–H and O–H groups in total. The zero-order valence-corrected chi connectivity index (χ0v) is 12.1. The number of thiophene rings is 1. The van der Waals surface area contributed by atoms with Crippen LogP contribution in [0.15, 0.2) is 41.8 Å². The molecule has 19 heavy (non-hydrogen) atoms. The summed E-state index contributed by atoms with van der Waals surface area (Å²) in [5.74, 6) is 0.925. The molecule has 1 fully saturated rings. The van der Waals surface area contributed by atoms with Crippen LogP contribution in [0.4, 0.5) is 0 Å². The second-order valence-corrected chi connectivity index (χ2v) is 6.44. The van der Waals surface area contributed by atoms with Crippen LogP contribution >= 0.6 is 11.3 Å². The SMILES string of the molecule is c1ccc(-c2csc(CNCC3CCCC3)c2)cc1. The first-order chi connectivity index (χ1) is 9.42. The molecule has 2 aromatic rings. The van der Waals surface area contributed by atoms with Crippen LogP contribution < -0.4 is 5.32 Å². The van der Waals surface area contributed by atoms with Gasteiger partial charge in [-0.1, -0.05) is 43.2 Å². The standard InChI is InChI=1S/C17H21NS/c1-2-8-15(9-3-1)16-10-17(19-13-16)12-18-11-14-6-4-5-7-14/h1-3,8-10,13-14,18H,4-7,11-12H2. The average Bonchev–Trinajstić information content (AvgIpc) is 3.11. The molecule has 100 valence electrons. The minimum atomic E-state index is 0.925. The van der Waals surface area contributed by atoms with Crippen molar-refractivity contribution in [3.63, 3.8) is 0 Å². The maximum atomic E-state index is 3.62. The third kappa shape index (κ3) is 3.46. The summed E-state index contributed by atoms with van der Waals surface area (Å²) >= 11 is 1.86. The first-order valence-corrected chi connectivity index (χ1v) is 8.13. The Hall–Kier alpha value is -1.12. The second-order valence-electron chi connectivity index (χ2n) is 5.45. The third-order valence-corrected chi connectivity index (χ3v) is 4.90. The summed E-state index contributed by atoms with van der Waals surface area (Å²) in [5, 5.41) is 5.88. The molecule has 2 heteroatoms. The van der Waals surface area contributed by atoms with Crippen LogP contribution in [0, 0.1) is 5.92 Å². The predicted octanol–water partition coefficient (Wildman–Crippen LogP) is 4.69. The highest BCUT2D eigenvalue weighted by atomic mass is 32.1. The molecule has 1 heterocycles. The molecule has 3 rings (SSSR count). The van der Waals surface area contributed by atoms with E-state index in [1.165, 1.54) is 48.2 Å². The number of hydrogen-bond acceptors (Lipinski definition) is 2. The molecule has 0 aliphatic heterocycles. The van der Waals surface area contributed by atoms with Gasteiger partial charge in [0, 0.05) is 11.4 Å². The summed E-state index contributed by atoms with van der Waals surface area (Å²) in [4.78, 5) is 1.44. The predicted molar refractivity (Wildman–Crippen MR) is 83.4 cm³/mol. The Morgan fingerprint density at radius 1 is 1.05 bits per heavy atom. The van der Waals surface area contributed by atoms with Crippen LogP contribution in [-0.2, 0) is 6.54 Å². The van der Waals surface area contributed by atoms with E-state index < -0.39 is 0 Å². The topological polar surface area (TPSA) is 12.0 Å². The van der Waals surface area contributed by atoms with Crippen molar-refractivity contribution in [2.45, 2.75) is 32.2 Å². The van der Waals surface area contributed by atoms with Crippen LogP contribution in [-0.4, -0.2) is 6.54 Å². The lowest BCUT2D eigenvalue weighted by Gasteiger charge is -2.09.